The molecule has 1 aromatic heterocycles. The number of benzene rings is 1. The minimum Gasteiger partial charge on any atom is -0.360 e. The lowest BCUT2D eigenvalue weighted by molar-refractivity contribution is -0.140. The van der Waals surface area contributed by atoms with Crippen molar-refractivity contribution in [2.45, 2.75) is 43.9 Å². The van der Waals surface area contributed by atoms with E-state index in [1.807, 2.05) is 11.0 Å². The number of fused-ring (bicyclic) bond motifs is 2. The summed E-state index contributed by atoms with van der Waals surface area (Å²) >= 11 is 0. The maximum atomic E-state index is 13.6. The number of carbonyl (C=O) groups excluding carboxylic acids is 1. The fourth-order valence-corrected chi connectivity index (χ4v) is 5.13. The summed E-state index contributed by atoms with van der Waals surface area (Å²) in [6, 6.07) is 9.42. The number of pyridine rings is 1. The molecule has 0 N–H and O–H groups in total. The zero-order chi connectivity index (χ0) is 22.5. The summed E-state index contributed by atoms with van der Waals surface area (Å²) in [5, 5.41) is 9.01. The van der Waals surface area contributed by atoms with Gasteiger partial charge >= 0.3 is 0 Å². The molecule has 3 atom stereocenters. The molecule has 2 aliphatic heterocycles. The van der Waals surface area contributed by atoms with Crippen LogP contribution in [0.4, 0.5) is 14.6 Å². The lowest BCUT2D eigenvalue weighted by Crippen LogP contribution is -2.57. The molecule has 0 radical (unpaired) electrons. The molecule has 0 spiro atoms. The first-order valence-corrected chi connectivity index (χ1v) is 10.9. The van der Waals surface area contributed by atoms with Crippen LogP contribution >= 0.6 is 0 Å². The molecule has 1 amide bonds. The molecule has 1 aromatic carbocycles. The third kappa shape index (κ3) is 3.71. The number of piperazine rings is 1. The first-order valence-electron chi connectivity index (χ1n) is 10.9. The van der Waals surface area contributed by atoms with Crippen LogP contribution in [0.25, 0.3) is 0 Å². The number of nitrogens with zero attached hydrogens (tertiary/aromatic N) is 4. The van der Waals surface area contributed by atoms with E-state index >= 15 is 0 Å². The van der Waals surface area contributed by atoms with Gasteiger partial charge in [0.15, 0.2) is 0 Å². The van der Waals surface area contributed by atoms with Crippen molar-refractivity contribution >= 4 is 11.7 Å². The third-order valence-corrected chi connectivity index (χ3v) is 6.95. The van der Waals surface area contributed by atoms with Crippen LogP contribution in [0.2, 0.25) is 0 Å². The summed E-state index contributed by atoms with van der Waals surface area (Å²) in [6.45, 7) is 3.22. The Morgan fingerprint density at radius 3 is 2.59 bits per heavy atom. The van der Waals surface area contributed by atoms with Crippen molar-refractivity contribution in [3.63, 3.8) is 0 Å². The van der Waals surface area contributed by atoms with Crippen molar-refractivity contribution in [2.75, 3.05) is 24.6 Å². The molecule has 2 bridgehead atoms. The minimum absolute atomic E-state index is 0.107. The Labute approximate surface area is 185 Å². The van der Waals surface area contributed by atoms with Gasteiger partial charge in [-0.1, -0.05) is 6.92 Å². The molecule has 1 saturated carbocycles. The fourth-order valence-electron chi connectivity index (χ4n) is 5.13. The number of anilines is 1. The van der Waals surface area contributed by atoms with Crippen LogP contribution in [0.1, 0.15) is 37.3 Å². The van der Waals surface area contributed by atoms with Crippen LogP contribution in [0.15, 0.2) is 36.5 Å². The van der Waals surface area contributed by atoms with E-state index in [-0.39, 0.29) is 24.6 Å². The Balaban J connectivity index is 1.25. The van der Waals surface area contributed by atoms with Crippen molar-refractivity contribution in [3.8, 4) is 6.07 Å². The van der Waals surface area contributed by atoms with Gasteiger partial charge in [0.25, 0.3) is 0 Å². The monoisotopic (exact) mass is 438 g/mol. The highest BCUT2D eigenvalue weighted by Gasteiger charge is 2.49. The topological polar surface area (TPSA) is 69.5 Å². The SMILES string of the molecule is C[C@H]1CC2CN(C(=O)COC3(c4cc(F)cc(F)c4)CC3)CC1N2c1ccc(C#N)cn1. The Bertz CT molecular complexity index is 1060. The van der Waals surface area contributed by atoms with E-state index in [4.69, 9.17) is 10.00 Å². The Hall–Kier alpha value is -3.05. The molecule has 2 saturated heterocycles. The van der Waals surface area contributed by atoms with E-state index in [0.717, 1.165) is 18.3 Å². The molecule has 2 aromatic rings. The van der Waals surface area contributed by atoms with E-state index in [0.29, 0.717) is 43.0 Å². The molecule has 3 heterocycles. The van der Waals surface area contributed by atoms with Crippen LogP contribution in [-0.4, -0.2) is 47.6 Å². The number of nitriles is 1. The van der Waals surface area contributed by atoms with Gasteiger partial charge in [-0.3, -0.25) is 4.79 Å². The molecule has 3 aliphatic rings. The summed E-state index contributed by atoms with van der Waals surface area (Å²) in [4.78, 5) is 21.5. The molecule has 5 rings (SSSR count). The molecule has 3 fully saturated rings. The van der Waals surface area contributed by atoms with Crippen LogP contribution in [0.5, 0.6) is 0 Å². The summed E-state index contributed by atoms with van der Waals surface area (Å²) < 4.78 is 33.2. The molecular weight excluding hydrogens is 414 g/mol. The maximum absolute atomic E-state index is 13.6. The standard InChI is InChI=1S/C24H24F2N4O2/c1-15-6-20-12-29(13-21(15)30(20)22-3-2-16(10-27)11-28-22)23(31)14-32-24(4-5-24)17-7-18(25)9-19(26)8-17/h2-3,7-9,11,15,20-21H,4-6,12-14H2,1H3/t15-,20?,21?/m0/s1. The van der Waals surface area contributed by atoms with Gasteiger partial charge in [0.2, 0.25) is 5.91 Å². The zero-order valence-corrected chi connectivity index (χ0v) is 17.8. The van der Waals surface area contributed by atoms with Gasteiger partial charge in [-0.15, -0.1) is 0 Å². The summed E-state index contributed by atoms with van der Waals surface area (Å²) in [6.07, 6.45) is 3.83. The molecular formula is C24H24F2N4O2. The van der Waals surface area contributed by atoms with Crippen LogP contribution in [0, 0.1) is 28.9 Å². The second kappa shape index (κ2) is 7.82. The van der Waals surface area contributed by atoms with Gasteiger partial charge in [0.1, 0.15) is 30.1 Å². The zero-order valence-electron chi connectivity index (χ0n) is 17.8. The highest BCUT2D eigenvalue weighted by Crippen LogP contribution is 2.49. The molecule has 8 heteroatoms. The van der Waals surface area contributed by atoms with Gasteiger partial charge in [-0.05, 0) is 55.0 Å². The van der Waals surface area contributed by atoms with Crippen LogP contribution < -0.4 is 4.90 Å². The summed E-state index contributed by atoms with van der Waals surface area (Å²) in [5.41, 5.74) is 0.208. The van der Waals surface area contributed by atoms with Gasteiger partial charge in [-0.2, -0.15) is 5.26 Å². The van der Waals surface area contributed by atoms with Crippen LogP contribution in [-0.2, 0) is 15.1 Å². The van der Waals surface area contributed by atoms with E-state index in [1.165, 1.54) is 12.1 Å². The number of ether oxygens (including phenoxy) is 1. The fraction of sp³-hybridized carbons (Fsp3) is 0.458. The summed E-state index contributed by atoms with van der Waals surface area (Å²) in [5.74, 6) is -0.152. The number of hydrogen-bond acceptors (Lipinski definition) is 5. The van der Waals surface area contributed by atoms with Crippen molar-refractivity contribution in [3.05, 3.63) is 59.3 Å². The number of amides is 1. The highest BCUT2D eigenvalue weighted by molar-refractivity contribution is 5.78. The predicted octanol–water partition coefficient (Wildman–Crippen LogP) is 3.36. The smallest absolute Gasteiger partial charge is 0.248 e. The minimum atomic E-state index is -0.765. The average Bonchev–Trinajstić information content (AvgIpc) is 3.54. The normalized spacial score (nSPS) is 25.5. The maximum Gasteiger partial charge on any atom is 0.248 e. The molecule has 1 aliphatic carbocycles. The van der Waals surface area contributed by atoms with Crippen molar-refractivity contribution in [1.82, 2.24) is 9.88 Å². The van der Waals surface area contributed by atoms with E-state index in [9.17, 15) is 13.6 Å². The van der Waals surface area contributed by atoms with Crippen molar-refractivity contribution < 1.29 is 18.3 Å². The first-order chi connectivity index (χ1) is 15.4. The van der Waals surface area contributed by atoms with Gasteiger partial charge in [0, 0.05) is 31.4 Å². The number of carbonyl (C=O) groups is 1. The third-order valence-electron chi connectivity index (χ3n) is 6.95. The average molecular weight is 438 g/mol. The largest absolute Gasteiger partial charge is 0.360 e. The first kappa shape index (κ1) is 20.8. The van der Waals surface area contributed by atoms with E-state index in [2.05, 4.69) is 22.9 Å². The lowest BCUT2D eigenvalue weighted by Gasteiger charge is -2.42. The molecule has 32 heavy (non-hydrogen) atoms. The van der Waals surface area contributed by atoms with Crippen molar-refractivity contribution in [1.29, 1.82) is 5.26 Å². The number of halogens is 2. The molecule has 6 nitrogen and oxygen atoms in total. The van der Waals surface area contributed by atoms with Crippen LogP contribution in [0.3, 0.4) is 0 Å². The molecule has 2 unspecified atom stereocenters. The second-order valence-electron chi connectivity index (χ2n) is 9.10. The second-order valence-corrected chi connectivity index (χ2v) is 9.10. The quantitative estimate of drug-likeness (QED) is 0.716. The van der Waals surface area contributed by atoms with E-state index < -0.39 is 17.2 Å². The number of rotatable bonds is 5. The highest BCUT2D eigenvalue weighted by atomic mass is 19.1. The summed E-state index contributed by atoms with van der Waals surface area (Å²) in [7, 11) is 0. The lowest BCUT2D eigenvalue weighted by atomic mass is 10.0. The Morgan fingerprint density at radius 1 is 1.25 bits per heavy atom. The number of hydrogen-bond donors (Lipinski definition) is 0. The van der Waals surface area contributed by atoms with Crippen molar-refractivity contribution in [2.24, 2.45) is 5.92 Å². The van der Waals surface area contributed by atoms with Gasteiger partial charge < -0.3 is 14.5 Å². The van der Waals surface area contributed by atoms with Gasteiger partial charge in [0.05, 0.1) is 17.2 Å². The number of aromatic nitrogens is 1. The number of likely N-dealkylation sites (tertiary alicyclic amines) is 1. The molecule has 166 valence electrons. The Kier molecular flexibility index (Phi) is 5.09. The van der Waals surface area contributed by atoms with E-state index in [1.54, 1.807) is 12.3 Å². The predicted molar refractivity (Wildman–Crippen MR) is 113 cm³/mol. The van der Waals surface area contributed by atoms with Gasteiger partial charge in [-0.25, -0.2) is 13.8 Å². The Morgan fingerprint density at radius 2 is 2.00 bits per heavy atom.